The molecule has 0 aromatic heterocycles. The van der Waals surface area contributed by atoms with Crippen LogP contribution in [0.25, 0.3) is 0 Å². The second-order valence-corrected chi connectivity index (χ2v) is 4.88. The summed E-state index contributed by atoms with van der Waals surface area (Å²) in [6.07, 6.45) is 5.80. The lowest BCUT2D eigenvalue weighted by Gasteiger charge is -1.98. The summed E-state index contributed by atoms with van der Waals surface area (Å²) >= 11 is 0. The highest BCUT2D eigenvalue weighted by Crippen LogP contribution is 2.34. The van der Waals surface area contributed by atoms with E-state index < -0.39 is 0 Å². The second-order valence-electron chi connectivity index (χ2n) is 4.88. The Morgan fingerprint density at radius 1 is 1.00 bits per heavy atom. The molecule has 0 nitrogen and oxygen atoms in total. The van der Waals surface area contributed by atoms with Crippen molar-refractivity contribution in [3.05, 3.63) is 0 Å². The van der Waals surface area contributed by atoms with E-state index in [0.29, 0.717) is 0 Å². The van der Waals surface area contributed by atoms with Crippen molar-refractivity contribution < 1.29 is 0 Å². The Morgan fingerprint density at radius 3 is 1.50 bits per heavy atom. The van der Waals surface area contributed by atoms with Crippen LogP contribution >= 0.6 is 0 Å². The Balaban J connectivity index is 0.000000217. The van der Waals surface area contributed by atoms with Gasteiger partial charge in [0.25, 0.3) is 0 Å². The van der Waals surface area contributed by atoms with Gasteiger partial charge in [0.15, 0.2) is 0 Å². The van der Waals surface area contributed by atoms with Crippen molar-refractivity contribution >= 4 is 0 Å². The molecule has 0 heterocycles. The van der Waals surface area contributed by atoms with Gasteiger partial charge in [-0.2, -0.15) is 0 Å². The Hall–Kier alpha value is 0. The molecule has 1 rings (SSSR count). The van der Waals surface area contributed by atoms with Gasteiger partial charge in [-0.05, 0) is 24.2 Å². The first-order valence-electron chi connectivity index (χ1n) is 5.56. The van der Waals surface area contributed by atoms with E-state index in [9.17, 15) is 0 Å². The van der Waals surface area contributed by atoms with Crippen molar-refractivity contribution in [3.63, 3.8) is 0 Å². The lowest BCUT2D eigenvalue weighted by atomic mass is 10.1. The van der Waals surface area contributed by atoms with Crippen LogP contribution in [0.5, 0.6) is 0 Å². The van der Waals surface area contributed by atoms with Crippen molar-refractivity contribution in [3.8, 4) is 0 Å². The molecule has 0 unspecified atom stereocenters. The minimum absolute atomic E-state index is 0.884. The fraction of sp³-hybridized carbons (Fsp3) is 1.00. The van der Waals surface area contributed by atoms with E-state index in [4.69, 9.17) is 0 Å². The van der Waals surface area contributed by atoms with E-state index in [-0.39, 0.29) is 0 Å². The predicted octanol–water partition coefficient (Wildman–Crippen LogP) is 4.49. The zero-order chi connectivity index (χ0) is 9.56. The van der Waals surface area contributed by atoms with Crippen LogP contribution in [0.15, 0.2) is 0 Å². The van der Waals surface area contributed by atoms with Gasteiger partial charge in [-0.3, -0.25) is 0 Å². The van der Waals surface area contributed by atoms with Crippen LogP contribution in [-0.4, -0.2) is 0 Å². The van der Waals surface area contributed by atoms with Crippen LogP contribution in [-0.2, 0) is 0 Å². The molecule has 0 saturated heterocycles. The van der Waals surface area contributed by atoms with Gasteiger partial charge in [-0.15, -0.1) is 0 Å². The fourth-order valence-electron chi connectivity index (χ4n) is 1.02. The van der Waals surface area contributed by atoms with Crippen LogP contribution in [0.4, 0.5) is 0 Å². The molecule has 0 aromatic carbocycles. The van der Waals surface area contributed by atoms with E-state index >= 15 is 0 Å². The summed E-state index contributed by atoms with van der Waals surface area (Å²) in [7, 11) is 0. The van der Waals surface area contributed by atoms with Gasteiger partial charge in [0.05, 0.1) is 0 Å². The standard InChI is InChI=1S/C7H14.C5H12/c1-6(2)5-7-3-4-7;1-4-5(2)3/h6-7H,3-5H2,1-2H3;5H,4H2,1-3H3. The van der Waals surface area contributed by atoms with Crippen molar-refractivity contribution in [2.24, 2.45) is 17.8 Å². The second kappa shape index (κ2) is 6.51. The van der Waals surface area contributed by atoms with Gasteiger partial charge < -0.3 is 0 Å². The summed E-state index contributed by atoms with van der Waals surface area (Å²) in [6.45, 7) is 11.3. The molecule has 12 heavy (non-hydrogen) atoms. The van der Waals surface area contributed by atoms with Gasteiger partial charge in [-0.1, -0.05) is 53.9 Å². The maximum Gasteiger partial charge on any atom is -0.0412 e. The highest BCUT2D eigenvalue weighted by Gasteiger charge is 2.21. The number of hydrogen-bond donors (Lipinski definition) is 0. The summed E-state index contributed by atoms with van der Waals surface area (Å²) in [5.74, 6) is 2.95. The monoisotopic (exact) mass is 170 g/mol. The zero-order valence-corrected chi connectivity index (χ0v) is 9.56. The zero-order valence-electron chi connectivity index (χ0n) is 9.56. The molecule has 0 aromatic rings. The molecule has 1 saturated carbocycles. The maximum atomic E-state index is 2.30. The van der Waals surface area contributed by atoms with Gasteiger partial charge in [0.1, 0.15) is 0 Å². The van der Waals surface area contributed by atoms with Crippen molar-refractivity contribution in [1.82, 2.24) is 0 Å². The molecule has 0 radical (unpaired) electrons. The normalized spacial score (nSPS) is 16.2. The van der Waals surface area contributed by atoms with E-state index in [1.807, 2.05) is 0 Å². The molecular formula is C12H26. The van der Waals surface area contributed by atoms with Crippen LogP contribution in [0.3, 0.4) is 0 Å². The summed E-state index contributed by atoms with van der Waals surface area (Å²) in [6, 6.07) is 0. The van der Waals surface area contributed by atoms with Crippen LogP contribution in [0.2, 0.25) is 0 Å². The van der Waals surface area contributed by atoms with Crippen LogP contribution in [0, 0.1) is 17.8 Å². The highest BCUT2D eigenvalue weighted by atomic mass is 14.3. The van der Waals surface area contributed by atoms with Gasteiger partial charge in [-0.25, -0.2) is 0 Å². The Bertz CT molecular complexity index is 88.2. The first-order valence-corrected chi connectivity index (χ1v) is 5.56. The van der Waals surface area contributed by atoms with Crippen molar-refractivity contribution in [2.75, 3.05) is 0 Å². The molecule has 1 aliphatic carbocycles. The topological polar surface area (TPSA) is 0 Å². The molecular weight excluding hydrogens is 144 g/mol. The van der Waals surface area contributed by atoms with E-state index in [2.05, 4.69) is 34.6 Å². The molecule has 0 N–H and O–H groups in total. The molecule has 74 valence electrons. The van der Waals surface area contributed by atoms with Crippen LogP contribution < -0.4 is 0 Å². The smallest absolute Gasteiger partial charge is 0.0412 e. The molecule has 0 atom stereocenters. The van der Waals surface area contributed by atoms with Gasteiger partial charge >= 0.3 is 0 Å². The SMILES string of the molecule is CC(C)CC1CC1.CCC(C)C. The number of rotatable bonds is 3. The average Bonchev–Trinajstić information content (AvgIpc) is 2.72. The van der Waals surface area contributed by atoms with Crippen LogP contribution in [0.1, 0.15) is 60.3 Å². The molecule has 0 spiro atoms. The van der Waals surface area contributed by atoms with E-state index in [1.54, 1.807) is 0 Å². The Morgan fingerprint density at radius 2 is 1.42 bits per heavy atom. The number of hydrogen-bond acceptors (Lipinski definition) is 0. The molecule has 0 bridgehead atoms. The predicted molar refractivity (Wildman–Crippen MR) is 57.3 cm³/mol. The fourth-order valence-corrected chi connectivity index (χ4v) is 1.02. The summed E-state index contributed by atoms with van der Waals surface area (Å²) in [5, 5.41) is 0. The van der Waals surface area contributed by atoms with E-state index in [0.717, 1.165) is 17.8 Å². The highest BCUT2D eigenvalue weighted by molar-refractivity contribution is 4.73. The Labute approximate surface area is 78.8 Å². The Kier molecular flexibility index (Phi) is 6.51. The van der Waals surface area contributed by atoms with E-state index in [1.165, 1.54) is 25.7 Å². The lowest BCUT2D eigenvalue weighted by molar-refractivity contribution is 0.541. The quantitative estimate of drug-likeness (QED) is 0.585. The average molecular weight is 170 g/mol. The first kappa shape index (κ1) is 12.0. The summed E-state index contributed by atoms with van der Waals surface area (Å²) < 4.78 is 0. The molecule has 0 aliphatic heterocycles. The molecule has 1 aliphatic rings. The molecule has 1 fully saturated rings. The summed E-state index contributed by atoms with van der Waals surface area (Å²) in [4.78, 5) is 0. The third-order valence-corrected chi connectivity index (χ3v) is 2.32. The van der Waals surface area contributed by atoms with Gasteiger partial charge in [0.2, 0.25) is 0 Å². The van der Waals surface area contributed by atoms with Gasteiger partial charge in [0, 0.05) is 0 Å². The summed E-state index contributed by atoms with van der Waals surface area (Å²) in [5.41, 5.74) is 0. The third-order valence-electron chi connectivity index (χ3n) is 2.32. The van der Waals surface area contributed by atoms with Crippen molar-refractivity contribution in [1.29, 1.82) is 0 Å². The van der Waals surface area contributed by atoms with Crippen molar-refractivity contribution in [2.45, 2.75) is 60.3 Å². The minimum atomic E-state index is 0.884. The molecule has 0 amide bonds. The minimum Gasteiger partial charge on any atom is -0.0651 e. The third kappa shape index (κ3) is 10.0. The maximum absolute atomic E-state index is 2.30. The molecule has 0 heteroatoms. The first-order chi connectivity index (χ1) is 5.56. The largest absolute Gasteiger partial charge is 0.0651 e. The lowest BCUT2D eigenvalue weighted by Crippen LogP contribution is -1.86.